The van der Waals surface area contributed by atoms with E-state index in [2.05, 4.69) is 10.6 Å². The van der Waals surface area contributed by atoms with Gasteiger partial charge in [-0.15, -0.1) is 0 Å². The first-order valence-corrected chi connectivity index (χ1v) is 3.61. The molecule has 0 bridgehead atoms. The van der Waals surface area contributed by atoms with Gasteiger partial charge in [0, 0.05) is 19.6 Å². The minimum atomic E-state index is -0.267. The number of nitrogens with zero attached hydrogens (tertiary/aromatic N) is 1. The fraction of sp³-hybridized carbons (Fsp3) is 0.667. The van der Waals surface area contributed by atoms with Crippen LogP contribution in [0.4, 0.5) is 4.79 Å². The highest BCUT2D eigenvalue weighted by Crippen LogP contribution is 2.09. The van der Waals surface area contributed by atoms with Gasteiger partial charge in [0.1, 0.15) is 6.04 Å². The molecule has 0 unspecified atom stereocenters. The van der Waals surface area contributed by atoms with Crippen LogP contribution in [0.15, 0.2) is 0 Å². The van der Waals surface area contributed by atoms with Crippen molar-refractivity contribution in [3.8, 4) is 0 Å². The van der Waals surface area contributed by atoms with E-state index >= 15 is 0 Å². The first kappa shape index (κ1) is 6.60. The molecule has 2 aliphatic rings. The summed E-state index contributed by atoms with van der Waals surface area (Å²) >= 11 is 0. The Morgan fingerprint density at radius 2 is 2.27 bits per heavy atom. The molecule has 0 aromatic heterocycles. The van der Waals surface area contributed by atoms with Crippen LogP contribution in [0.25, 0.3) is 0 Å². The number of amides is 3. The van der Waals surface area contributed by atoms with E-state index in [1.165, 1.54) is 0 Å². The van der Waals surface area contributed by atoms with E-state index in [4.69, 9.17) is 0 Å². The minimum absolute atomic E-state index is 0.179. The molecule has 2 aliphatic heterocycles. The van der Waals surface area contributed by atoms with Gasteiger partial charge < -0.3 is 10.2 Å². The molecule has 2 saturated heterocycles. The lowest BCUT2D eigenvalue weighted by atomic mass is 10.2. The molecule has 2 fully saturated rings. The number of hydrogen-bond acceptors (Lipinski definition) is 3. The fourth-order valence-electron chi connectivity index (χ4n) is 1.44. The maximum absolute atomic E-state index is 11.0. The zero-order chi connectivity index (χ0) is 7.84. The van der Waals surface area contributed by atoms with Crippen LogP contribution in [-0.2, 0) is 4.79 Å². The van der Waals surface area contributed by atoms with Crippen molar-refractivity contribution >= 4 is 11.9 Å². The largest absolute Gasteiger partial charge is 0.324 e. The van der Waals surface area contributed by atoms with Gasteiger partial charge >= 0.3 is 6.03 Å². The summed E-state index contributed by atoms with van der Waals surface area (Å²) in [6, 6.07) is -0.516. The lowest BCUT2D eigenvalue weighted by Gasteiger charge is -2.26. The second-order valence-corrected chi connectivity index (χ2v) is 2.71. The highest BCUT2D eigenvalue weighted by Gasteiger charge is 2.39. The van der Waals surface area contributed by atoms with Crippen LogP contribution in [0, 0.1) is 0 Å². The maximum atomic E-state index is 11.0. The topological polar surface area (TPSA) is 61.4 Å². The number of imide groups is 1. The van der Waals surface area contributed by atoms with Crippen molar-refractivity contribution in [2.75, 3.05) is 19.6 Å². The number of fused-ring (bicyclic) bond motifs is 1. The van der Waals surface area contributed by atoms with E-state index in [-0.39, 0.29) is 18.0 Å². The van der Waals surface area contributed by atoms with Crippen molar-refractivity contribution in [3.63, 3.8) is 0 Å². The zero-order valence-corrected chi connectivity index (χ0v) is 5.96. The van der Waals surface area contributed by atoms with Crippen molar-refractivity contribution in [1.82, 2.24) is 15.5 Å². The summed E-state index contributed by atoms with van der Waals surface area (Å²) in [5.74, 6) is -0.179. The third-order valence-corrected chi connectivity index (χ3v) is 2.04. The summed E-state index contributed by atoms with van der Waals surface area (Å²) in [5, 5.41) is 5.32. The summed E-state index contributed by atoms with van der Waals surface area (Å²) in [6.07, 6.45) is 0. The molecule has 5 nitrogen and oxygen atoms in total. The molecule has 0 saturated carbocycles. The Morgan fingerprint density at radius 3 is 3.00 bits per heavy atom. The standard InChI is InChI=1S/C6H9N3O2/c10-5-4-3-7-1-2-9(4)6(11)8-5/h4,7H,1-3H2,(H,8,10,11)/t4-/m1/s1. The van der Waals surface area contributed by atoms with Gasteiger partial charge in [-0.3, -0.25) is 10.1 Å². The van der Waals surface area contributed by atoms with Gasteiger partial charge in [-0.1, -0.05) is 0 Å². The average molecular weight is 155 g/mol. The summed E-state index contributed by atoms with van der Waals surface area (Å²) in [6.45, 7) is 1.98. The normalized spacial score (nSPS) is 30.2. The quantitative estimate of drug-likeness (QED) is 0.419. The van der Waals surface area contributed by atoms with Crippen LogP contribution in [0.1, 0.15) is 0 Å². The van der Waals surface area contributed by atoms with E-state index < -0.39 is 0 Å². The lowest BCUT2D eigenvalue weighted by molar-refractivity contribution is -0.121. The van der Waals surface area contributed by atoms with E-state index in [1.807, 2.05) is 0 Å². The first-order chi connectivity index (χ1) is 5.29. The summed E-state index contributed by atoms with van der Waals surface area (Å²) in [4.78, 5) is 23.6. The van der Waals surface area contributed by atoms with Crippen LogP contribution in [0.2, 0.25) is 0 Å². The predicted octanol–water partition coefficient (Wildman–Crippen LogP) is -1.49. The molecule has 5 heteroatoms. The molecule has 1 atom stereocenters. The van der Waals surface area contributed by atoms with Gasteiger partial charge in [0.05, 0.1) is 0 Å². The monoisotopic (exact) mass is 155 g/mol. The minimum Gasteiger partial charge on any atom is -0.312 e. The Labute approximate surface area is 63.7 Å². The van der Waals surface area contributed by atoms with Crippen LogP contribution in [-0.4, -0.2) is 42.5 Å². The highest BCUT2D eigenvalue weighted by atomic mass is 16.2. The molecule has 2 heterocycles. The molecule has 2 N–H and O–H groups in total. The zero-order valence-electron chi connectivity index (χ0n) is 5.96. The Kier molecular flexibility index (Phi) is 1.32. The molecule has 0 aromatic carbocycles. The van der Waals surface area contributed by atoms with E-state index in [0.717, 1.165) is 6.54 Å². The van der Waals surface area contributed by atoms with E-state index in [0.29, 0.717) is 13.1 Å². The van der Waals surface area contributed by atoms with Crippen molar-refractivity contribution in [1.29, 1.82) is 0 Å². The van der Waals surface area contributed by atoms with Crippen molar-refractivity contribution in [2.24, 2.45) is 0 Å². The second-order valence-electron chi connectivity index (χ2n) is 2.71. The molecule has 0 spiro atoms. The molecule has 3 amide bonds. The van der Waals surface area contributed by atoms with Gasteiger partial charge in [-0.25, -0.2) is 4.79 Å². The van der Waals surface area contributed by atoms with Crippen molar-refractivity contribution in [3.05, 3.63) is 0 Å². The molecule has 11 heavy (non-hydrogen) atoms. The Bertz CT molecular complexity index is 194. The number of carbonyl (C=O) groups is 2. The molecule has 0 radical (unpaired) electrons. The number of nitrogens with one attached hydrogen (secondary N) is 2. The van der Waals surface area contributed by atoms with Gasteiger partial charge in [-0.2, -0.15) is 0 Å². The van der Waals surface area contributed by atoms with E-state index in [1.54, 1.807) is 4.90 Å². The first-order valence-electron chi connectivity index (χ1n) is 3.61. The summed E-state index contributed by atoms with van der Waals surface area (Å²) in [5.41, 5.74) is 0. The van der Waals surface area contributed by atoms with Gasteiger partial charge in [-0.05, 0) is 0 Å². The van der Waals surface area contributed by atoms with Crippen LogP contribution in [0.3, 0.4) is 0 Å². The molecule has 0 aromatic rings. The number of rotatable bonds is 0. The smallest absolute Gasteiger partial charge is 0.312 e. The lowest BCUT2D eigenvalue weighted by Crippen LogP contribution is -2.51. The van der Waals surface area contributed by atoms with Crippen molar-refractivity contribution < 1.29 is 9.59 Å². The second kappa shape index (κ2) is 2.20. The van der Waals surface area contributed by atoms with Gasteiger partial charge in [0.2, 0.25) is 0 Å². The van der Waals surface area contributed by atoms with Crippen LogP contribution >= 0.6 is 0 Å². The summed E-state index contributed by atoms with van der Waals surface area (Å²) < 4.78 is 0. The van der Waals surface area contributed by atoms with Gasteiger partial charge in [0.15, 0.2) is 0 Å². The Hall–Kier alpha value is -1.10. The SMILES string of the molecule is O=C1NC(=O)N2CCNC[C@H]12. The number of carbonyl (C=O) groups excluding carboxylic acids is 2. The number of urea groups is 1. The third kappa shape index (κ3) is 0.883. The third-order valence-electron chi connectivity index (χ3n) is 2.04. The molecular weight excluding hydrogens is 146 g/mol. The van der Waals surface area contributed by atoms with Crippen LogP contribution in [0.5, 0.6) is 0 Å². The maximum Gasteiger partial charge on any atom is 0.324 e. The molecule has 0 aliphatic carbocycles. The van der Waals surface area contributed by atoms with Crippen molar-refractivity contribution in [2.45, 2.75) is 6.04 Å². The highest BCUT2D eigenvalue weighted by molar-refractivity contribution is 6.04. The Balaban J connectivity index is 2.19. The molecular formula is C6H9N3O2. The van der Waals surface area contributed by atoms with E-state index in [9.17, 15) is 9.59 Å². The van der Waals surface area contributed by atoms with Gasteiger partial charge in [0.25, 0.3) is 5.91 Å². The molecule has 60 valence electrons. The molecule has 2 rings (SSSR count). The number of hydrogen-bond donors (Lipinski definition) is 2. The summed E-state index contributed by atoms with van der Waals surface area (Å²) in [7, 11) is 0. The number of piperazine rings is 1. The predicted molar refractivity (Wildman–Crippen MR) is 36.9 cm³/mol. The Morgan fingerprint density at radius 1 is 1.45 bits per heavy atom. The van der Waals surface area contributed by atoms with Crippen LogP contribution < -0.4 is 10.6 Å². The average Bonchev–Trinajstić information content (AvgIpc) is 2.30. The fourth-order valence-corrected chi connectivity index (χ4v) is 1.44.